The first-order chi connectivity index (χ1) is 16.5. The quantitative estimate of drug-likeness (QED) is 0.449. The van der Waals surface area contributed by atoms with Crippen molar-refractivity contribution in [3.63, 3.8) is 0 Å². The van der Waals surface area contributed by atoms with E-state index >= 15 is 0 Å². The topological polar surface area (TPSA) is 108 Å². The molecule has 0 spiro atoms. The Morgan fingerprint density at radius 1 is 1.06 bits per heavy atom. The van der Waals surface area contributed by atoms with Crippen LogP contribution in [0.1, 0.15) is 18.4 Å². The maximum Gasteiger partial charge on any atom is 0.285 e. The number of nitrogens with zero attached hydrogens (tertiary/aromatic N) is 3. The summed E-state index contributed by atoms with van der Waals surface area (Å²) in [7, 11) is -3.65. The van der Waals surface area contributed by atoms with Gasteiger partial charge in [0.25, 0.3) is 10.0 Å². The number of hydrogen-bond donors (Lipinski definition) is 2. The summed E-state index contributed by atoms with van der Waals surface area (Å²) >= 11 is 1.41. The van der Waals surface area contributed by atoms with Gasteiger partial charge in [-0.15, -0.1) is 15.7 Å². The molecule has 2 N–H and O–H groups in total. The molecule has 1 saturated heterocycles. The van der Waals surface area contributed by atoms with Crippen LogP contribution in [0.3, 0.4) is 0 Å². The molecule has 6 rings (SSSR count). The lowest BCUT2D eigenvalue weighted by Crippen LogP contribution is -2.41. The van der Waals surface area contributed by atoms with E-state index in [9.17, 15) is 13.2 Å². The van der Waals surface area contributed by atoms with Crippen LogP contribution in [0.15, 0.2) is 69.4 Å². The van der Waals surface area contributed by atoms with E-state index in [-0.39, 0.29) is 16.7 Å². The number of likely N-dealkylation sites (tertiary alicyclic amines) is 1. The number of amides is 1. The van der Waals surface area contributed by atoms with Crippen molar-refractivity contribution in [1.29, 1.82) is 0 Å². The van der Waals surface area contributed by atoms with Gasteiger partial charge in [0.2, 0.25) is 5.91 Å². The predicted octanol–water partition coefficient (Wildman–Crippen LogP) is 4.09. The van der Waals surface area contributed by atoms with Crippen molar-refractivity contribution < 1.29 is 13.2 Å². The van der Waals surface area contributed by atoms with Crippen LogP contribution >= 0.6 is 11.3 Å². The Morgan fingerprint density at radius 3 is 2.68 bits per heavy atom. The molecule has 0 atom stereocenters. The van der Waals surface area contributed by atoms with Crippen LogP contribution in [0.25, 0.3) is 22.2 Å². The van der Waals surface area contributed by atoms with Gasteiger partial charge in [-0.05, 0) is 31.0 Å². The molecule has 1 amide bonds. The zero-order valence-electron chi connectivity index (χ0n) is 18.1. The molecule has 8 nitrogen and oxygen atoms in total. The summed E-state index contributed by atoms with van der Waals surface area (Å²) in [6.45, 7) is 1.14. The summed E-state index contributed by atoms with van der Waals surface area (Å²) in [5, 5.41) is 6.59. The molecule has 0 bridgehead atoms. The molecule has 0 radical (unpaired) electrons. The number of nitrogens with one attached hydrogen (secondary N) is 2. The minimum Gasteiger partial charge on any atom is -0.360 e. The summed E-state index contributed by atoms with van der Waals surface area (Å²) in [5.74, 6) is 0.268. The third-order valence-electron chi connectivity index (χ3n) is 6.38. The van der Waals surface area contributed by atoms with Gasteiger partial charge in [0, 0.05) is 52.6 Å². The van der Waals surface area contributed by atoms with E-state index in [0.29, 0.717) is 42.5 Å². The second kappa shape index (κ2) is 8.07. The number of aromatic nitrogens is 2. The second-order valence-corrected chi connectivity index (χ2v) is 10.9. The highest BCUT2D eigenvalue weighted by atomic mass is 32.2. The minimum atomic E-state index is -3.65. The predicted molar refractivity (Wildman–Crippen MR) is 132 cm³/mol. The molecule has 1 fully saturated rings. The molecule has 2 aliphatic rings. The highest BCUT2D eigenvalue weighted by Crippen LogP contribution is 2.32. The highest BCUT2D eigenvalue weighted by Gasteiger charge is 2.34. The number of amidine groups is 1. The smallest absolute Gasteiger partial charge is 0.285 e. The Balaban J connectivity index is 1.12. The van der Waals surface area contributed by atoms with Gasteiger partial charge in [-0.2, -0.15) is 8.42 Å². The summed E-state index contributed by atoms with van der Waals surface area (Å²) < 4.78 is 28.7. The number of H-pyrrole nitrogens is 1. The third kappa shape index (κ3) is 3.59. The number of fused-ring (bicyclic) bond motifs is 2. The van der Waals surface area contributed by atoms with Crippen LogP contribution in [0.5, 0.6) is 0 Å². The lowest BCUT2D eigenvalue weighted by atomic mass is 9.95. The molecule has 4 heterocycles. The average Bonchev–Trinajstić information content (AvgIpc) is 3.55. The molecule has 2 aromatic carbocycles. The van der Waals surface area contributed by atoms with Crippen LogP contribution in [-0.4, -0.2) is 48.1 Å². The summed E-state index contributed by atoms with van der Waals surface area (Å²) in [6, 6.07) is 14.9. The first-order valence-electron chi connectivity index (χ1n) is 11.0. The number of carbonyl (C=O) groups is 1. The standard InChI is InChI=1S/C24H21N5O3S2/c30-23(27-24-26-20(14-33-24)18-13-25-19-7-3-1-5-16(18)19)15-9-11-29(12-10-15)22-17-6-2-4-8-21(17)34(31,32)28-22/h1-8,13-15,25H,9-12H2,(H,26,27,30). The number of benzene rings is 2. The Kier molecular flexibility index (Phi) is 5.00. The van der Waals surface area contributed by atoms with Gasteiger partial charge in [-0.1, -0.05) is 30.3 Å². The largest absolute Gasteiger partial charge is 0.360 e. The number of thiazole rings is 1. The van der Waals surface area contributed by atoms with Gasteiger partial charge in [0.05, 0.1) is 5.69 Å². The van der Waals surface area contributed by atoms with Crippen molar-refractivity contribution in [2.45, 2.75) is 17.7 Å². The van der Waals surface area contributed by atoms with E-state index in [2.05, 4.69) is 19.7 Å². The van der Waals surface area contributed by atoms with Crippen LogP contribution in [0, 0.1) is 5.92 Å². The van der Waals surface area contributed by atoms with Crippen molar-refractivity contribution in [2.24, 2.45) is 10.3 Å². The SMILES string of the molecule is O=C(Nc1nc(-c2c[nH]c3ccccc23)cs1)C1CCN(C2=NS(=O)(=O)c3ccccc32)CC1. The van der Waals surface area contributed by atoms with Gasteiger partial charge >= 0.3 is 0 Å². The second-order valence-electron chi connectivity index (χ2n) is 8.42. The minimum absolute atomic E-state index is 0.0548. The van der Waals surface area contributed by atoms with Crippen LogP contribution in [0.2, 0.25) is 0 Å². The third-order valence-corrected chi connectivity index (χ3v) is 8.46. The lowest BCUT2D eigenvalue weighted by molar-refractivity contribution is -0.120. The van der Waals surface area contributed by atoms with E-state index < -0.39 is 10.0 Å². The van der Waals surface area contributed by atoms with Crippen LogP contribution in [0.4, 0.5) is 5.13 Å². The summed E-state index contributed by atoms with van der Waals surface area (Å²) in [4.78, 5) is 23.0. The zero-order valence-corrected chi connectivity index (χ0v) is 19.7. The number of rotatable bonds is 3. The molecule has 4 aromatic rings. The van der Waals surface area contributed by atoms with Crippen molar-refractivity contribution in [3.05, 3.63) is 65.7 Å². The monoisotopic (exact) mass is 491 g/mol. The van der Waals surface area contributed by atoms with E-state index in [4.69, 9.17) is 0 Å². The van der Waals surface area contributed by atoms with Gasteiger partial charge in [-0.3, -0.25) is 4.79 Å². The first-order valence-corrected chi connectivity index (χ1v) is 13.3. The maximum absolute atomic E-state index is 12.9. The molecule has 0 saturated carbocycles. The van der Waals surface area contributed by atoms with E-state index in [1.165, 1.54) is 11.3 Å². The Labute approximate surface area is 200 Å². The number of carbonyl (C=O) groups excluding carboxylic acids is 1. The number of piperidine rings is 1. The fourth-order valence-corrected chi connectivity index (χ4v) is 6.56. The zero-order chi connectivity index (χ0) is 23.3. The number of hydrogen-bond acceptors (Lipinski definition) is 6. The van der Waals surface area contributed by atoms with Crippen molar-refractivity contribution in [3.8, 4) is 11.3 Å². The van der Waals surface area contributed by atoms with E-state index in [1.54, 1.807) is 18.2 Å². The molecule has 0 unspecified atom stereocenters. The number of para-hydroxylation sites is 1. The normalized spacial score (nSPS) is 17.5. The molecule has 10 heteroatoms. The van der Waals surface area contributed by atoms with E-state index in [0.717, 1.165) is 22.2 Å². The van der Waals surface area contributed by atoms with Gasteiger partial charge in [0.1, 0.15) is 4.90 Å². The molecular formula is C24H21N5O3S2. The first kappa shape index (κ1) is 21.1. The van der Waals surface area contributed by atoms with Crippen molar-refractivity contribution in [2.75, 3.05) is 18.4 Å². The van der Waals surface area contributed by atoms with Crippen molar-refractivity contribution in [1.82, 2.24) is 14.9 Å². The molecule has 34 heavy (non-hydrogen) atoms. The fraction of sp³-hybridized carbons (Fsp3) is 0.208. The molecule has 2 aromatic heterocycles. The average molecular weight is 492 g/mol. The maximum atomic E-state index is 12.9. The van der Waals surface area contributed by atoms with Gasteiger partial charge in [0.15, 0.2) is 11.0 Å². The summed E-state index contributed by atoms with van der Waals surface area (Å²) in [6.07, 6.45) is 3.17. The number of aromatic amines is 1. The molecule has 172 valence electrons. The highest BCUT2D eigenvalue weighted by molar-refractivity contribution is 7.90. The molecule has 0 aliphatic carbocycles. The Hall–Kier alpha value is -3.50. The van der Waals surface area contributed by atoms with Crippen LogP contribution in [-0.2, 0) is 14.8 Å². The summed E-state index contributed by atoms with van der Waals surface area (Å²) in [5.41, 5.74) is 3.52. The van der Waals surface area contributed by atoms with Crippen molar-refractivity contribution >= 4 is 49.1 Å². The van der Waals surface area contributed by atoms with E-state index in [1.807, 2.05) is 46.8 Å². The molecule has 2 aliphatic heterocycles. The fourth-order valence-electron chi connectivity index (χ4n) is 4.62. The van der Waals surface area contributed by atoms with Gasteiger partial charge < -0.3 is 15.2 Å². The Morgan fingerprint density at radius 2 is 1.82 bits per heavy atom. The Bertz CT molecular complexity index is 1550. The number of sulfonamides is 1. The number of anilines is 1. The molecular weight excluding hydrogens is 470 g/mol. The lowest BCUT2D eigenvalue weighted by Gasteiger charge is -2.32. The van der Waals surface area contributed by atoms with Gasteiger partial charge in [-0.25, -0.2) is 4.98 Å². The van der Waals surface area contributed by atoms with Crippen LogP contribution < -0.4 is 5.32 Å².